The summed E-state index contributed by atoms with van der Waals surface area (Å²) in [6, 6.07) is 0. The molecule has 0 bridgehead atoms. The third-order valence-corrected chi connectivity index (χ3v) is 1.65. The second-order valence-electron chi connectivity index (χ2n) is 2.95. The molecule has 70 valence electrons. The molecular formula is C9H16O3. The molecule has 0 saturated heterocycles. The van der Waals surface area contributed by atoms with Crippen LogP contribution in [0.4, 0.5) is 0 Å². The van der Waals surface area contributed by atoms with Gasteiger partial charge in [-0.3, -0.25) is 0 Å². The van der Waals surface area contributed by atoms with E-state index in [0.29, 0.717) is 5.92 Å². The molecule has 3 nitrogen and oxygen atoms in total. The third kappa shape index (κ3) is 7.28. The van der Waals surface area contributed by atoms with Crippen molar-refractivity contribution in [3.63, 3.8) is 0 Å². The molecule has 0 amide bonds. The van der Waals surface area contributed by atoms with Gasteiger partial charge in [0.15, 0.2) is 0 Å². The summed E-state index contributed by atoms with van der Waals surface area (Å²) in [6.45, 7) is 2.26. The molecule has 1 unspecified atom stereocenters. The summed E-state index contributed by atoms with van der Waals surface area (Å²) in [4.78, 5) is 10.1. The van der Waals surface area contributed by atoms with Gasteiger partial charge in [0.25, 0.3) is 0 Å². The predicted octanol–water partition coefficient (Wildman–Crippen LogP) is 1.43. The van der Waals surface area contributed by atoms with Crippen molar-refractivity contribution in [1.82, 2.24) is 0 Å². The highest BCUT2D eigenvalue weighted by atomic mass is 16.4. The van der Waals surface area contributed by atoms with E-state index in [1.807, 2.05) is 6.92 Å². The summed E-state index contributed by atoms with van der Waals surface area (Å²) in [5, 5.41) is 16.8. The number of carboxylic acids is 1. The van der Waals surface area contributed by atoms with Gasteiger partial charge >= 0.3 is 5.97 Å². The van der Waals surface area contributed by atoms with E-state index in [0.717, 1.165) is 25.3 Å². The van der Waals surface area contributed by atoms with Gasteiger partial charge in [-0.05, 0) is 25.2 Å². The number of carboxylic acid groups (broad SMARTS) is 1. The van der Waals surface area contributed by atoms with Crippen LogP contribution in [0.15, 0.2) is 12.2 Å². The number of carbonyl (C=O) groups is 1. The maximum atomic E-state index is 10.1. The van der Waals surface area contributed by atoms with Gasteiger partial charge in [-0.15, -0.1) is 0 Å². The molecule has 0 rings (SSSR count). The number of aliphatic hydroxyl groups is 1. The quantitative estimate of drug-likeness (QED) is 0.596. The van der Waals surface area contributed by atoms with Crippen molar-refractivity contribution in [1.29, 1.82) is 0 Å². The second kappa shape index (κ2) is 6.85. The van der Waals surface area contributed by atoms with Crippen LogP contribution in [-0.2, 0) is 4.79 Å². The standard InChI is InChI=1S/C9H16O3/c1-8(5-3-7-10)4-2-6-9(11)12/h2,6,8,10H,3-5,7H2,1H3,(H,11,12)/b6-2+. The number of hydrogen-bond donors (Lipinski definition) is 2. The topological polar surface area (TPSA) is 57.5 Å². The molecule has 0 aromatic heterocycles. The Balaban J connectivity index is 3.42. The molecule has 0 radical (unpaired) electrons. The van der Waals surface area contributed by atoms with Crippen molar-refractivity contribution in [2.24, 2.45) is 5.92 Å². The van der Waals surface area contributed by atoms with Crippen molar-refractivity contribution < 1.29 is 15.0 Å². The molecule has 3 heteroatoms. The molecule has 0 aromatic carbocycles. The number of aliphatic carboxylic acids is 1. The van der Waals surface area contributed by atoms with Crippen LogP contribution in [0.2, 0.25) is 0 Å². The SMILES string of the molecule is CC(C/C=C/C(=O)O)CCCO. The molecule has 0 aromatic rings. The molecule has 12 heavy (non-hydrogen) atoms. The van der Waals surface area contributed by atoms with Crippen LogP contribution in [0.1, 0.15) is 26.2 Å². The smallest absolute Gasteiger partial charge is 0.327 e. The van der Waals surface area contributed by atoms with E-state index in [9.17, 15) is 4.79 Å². The lowest BCUT2D eigenvalue weighted by molar-refractivity contribution is -0.131. The minimum absolute atomic E-state index is 0.215. The maximum absolute atomic E-state index is 10.1. The zero-order chi connectivity index (χ0) is 9.40. The molecule has 1 atom stereocenters. The molecular weight excluding hydrogens is 156 g/mol. The Kier molecular flexibility index (Phi) is 6.38. The zero-order valence-corrected chi connectivity index (χ0v) is 7.36. The predicted molar refractivity (Wildman–Crippen MR) is 46.9 cm³/mol. The monoisotopic (exact) mass is 172 g/mol. The molecule has 0 aliphatic rings. The van der Waals surface area contributed by atoms with E-state index in [1.165, 1.54) is 0 Å². The van der Waals surface area contributed by atoms with E-state index in [4.69, 9.17) is 10.2 Å². The largest absolute Gasteiger partial charge is 0.478 e. The minimum Gasteiger partial charge on any atom is -0.478 e. The summed E-state index contributed by atoms with van der Waals surface area (Å²) < 4.78 is 0. The van der Waals surface area contributed by atoms with Crippen LogP contribution in [0.3, 0.4) is 0 Å². The fourth-order valence-electron chi connectivity index (χ4n) is 0.959. The van der Waals surface area contributed by atoms with Crippen LogP contribution in [0.5, 0.6) is 0 Å². The lowest BCUT2D eigenvalue weighted by atomic mass is 10.0. The van der Waals surface area contributed by atoms with E-state index in [2.05, 4.69) is 0 Å². The number of rotatable bonds is 6. The maximum Gasteiger partial charge on any atom is 0.327 e. The van der Waals surface area contributed by atoms with Crippen LogP contribution < -0.4 is 0 Å². The highest BCUT2D eigenvalue weighted by Gasteiger charge is 1.98. The van der Waals surface area contributed by atoms with Gasteiger partial charge in [0.2, 0.25) is 0 Å². The van der Waals surface area contributed by atoms with Crippen LogP contribution in [0, 0.1) is 5.92 Å². The molecule has 0 aliphatic carbocycles. The summed E-state index contributed by atoms with van der Waals surface area (Å²) in [5.41, 5.74) is 0. The van der Waals surface area contributed by atoms with Gasteiger partial charge in [-0.1, -0.05) is 13.0 Å². The normalized spacial score (nSPS) is 13.5. The Morgan fingerprint density at radius 2 is 2.25 bits per heavy atom. The first kappa shape index (κ1) is 11.2. The molecule has 0 saturated carbocycles. The molecule has 0 heterocycles. The Morgan fingerprint density at radius 1 is 1.58 bits per heavy atom. The first-order valence-corrected chi connectivity index (χ1v) is 4.17. The van der Waals surface area contributed by atoms with Crippen LogP contribution in [0.25, 0.3) is 0 Å². The van der Waals surface area contributed by atoms with Crippen LogP contribution >= 0.6 is 0 Å². The lowest BCUT2D eigenvalue weighted by Gasteiger charge is -2.05. The Labute approximate surface area is 72.7 Å². The van der Waals surface area contributed by atoms with Gasteiger partial charge in [-0.2, -0.15) is 0 Å². The molecule has 2 N–H and O–H groups in total. The first-order valence-electron chi connectivity index (χ1n) is 4.17. The third-order valence-electron chi connectivity index (χ3n) is 1.65. The number of hydrogen-bond acceptors (Lipinski definition) is 2. The van der Waals surface area contributed by atoms with Gasteiger partial charge in [0.05, 0.1) is 0 Å². The fraction of sp³-hybridized carbons (Fsp3) is 0.667. The first-order chi connectivity index (χ1) is 5.66. The second-order valence-corrected chi connectivity index (χ2v) is 2.95. The summed E-state index contributed by atoms with van der Waals surface area (Å²) in [7, 11) is 0. The highest BCUT2D eigenvalue weighted by molar-refractivity contribution is 5.79. The number of allylic oxidation sites excluding steroid dienone is 1. The summed E-state index contributed by atoms with van der Waals surface area (Å²) in [6.07, 6.45) is 5.33. The van der Waals surface area contributed by atoms with Gasteiger partial charge in [-0.25, -0.2) is 4.79 Å². The fourth-order valence-corrected chi connectivity index (χ4v) is 0.959. The minimum atomic E-state index is -0.899. The Morgan fingerprint density at radius 3 is 2.75 bits per heavy atom. The Hall–Kier alpha value is -0.830. The van der Waals surface area contributed by atoms with E-state index >= 15 is 0 Å². The average Bonchev–Trinajstić information content (AvgIpc) is 2.00. The van der Waals surface area contributed by atoms with Gasteiger partial charge in [0.1, 0.15) is 0 Å². The summed E-state index contributed by atoms with van der Waals surface area (Å²) in [5.74, 6) is -0.447. The van der Waals surface area contributed by atoms with Crippen molar-refractivity contribution >= 4 is 5.97 Å². The summed E-state index contributed by atoms with van der Waals surface area (Å²) >= 11 is 0. The molecule has 0 aliphatic heterocycles. The van der Waals surface area contributed by atoms with E-state index in [1.54, 1.807) is 6.08 Å². The highest BCUT2D eigenvalue weighted by Crippen LogP contribution is 2.09. The van der Waals surface area contributed by atoms with Crippen molar-refractivity contribution in [3.8, 4) is 0 Å². The van der Waals surface area contributed by atoms with E-state index in [-0.39, 0.29) is 6.61 Å². The zero-order valence-electron chi connectivity index (χ0n) is 7.36. The molecule has 0 fully saturated rings. The van der Waals surface area contributed by atoms with E-state index < -0.39 is 5.97 Å². The lowest BCUT2D eigenvalue weighted by Crippen LogP contribution is -1.95. The van der Waals surface area contributed by atoms with Crippen molar-refractivity contribution in [3.05, 3.63) is 12.2 Å². The van der Waals surface area contributed by atoms with Crippen LogP contribution in [-0.4, -0.2) is 22.8 Å². The average molecular weight is 172 g/mol. The Bertz CT molecular complexity index is 152. The van der Waals surface area contributed by atoms with Crippen molar-refractivity contribution in [2.45, 2.75) is 26.2 Å². The molecule has 0 spiro atoms. The number of aliphatic hydroxyl groups excluding tert-OH is 1. The van der Waals surface area contributed by atoms with Gasteiger partial charge < -0.3 is 10.2 Å². The van der Waals surface area contributed by atoms with Crippen molar-refractivity contribution in [2.75, 3.05) is 6.61 Å². The van der Waals surface area contributed by atoms with Gasteiger partial charge in [0, 0.05) is 12.7 Å².